The number of carboxylic acid groups (broad SMARTS) is 1. The molecular weight excluding hydrogens is 325 g/mol. The molecule has 132 valence electrons. The van der Waals surface area contributed by atoms with Crippen molar-refractivity contribution < 1.29 is 27.9 Å². The number of carbonyl (C=O) groups is 2. The normalized spacial score (nSPS) is 21.2. The number of aliphatic carboxylic acids is 1. The average molecular weight is 344 g/mol. The third kappa shape index (κ3) is 4.62. The Kier molecular flexibility index (Phi) is 5.36. The van der Waals surface area contributed by atoms with E-state index in [0.29, 0.717) is 25.7 Å². The van der Waals surface area contributed by atoms with Crippen LogP contribution < -0.4 is 10.6 Å². The molecule has 1 fully saturated rings. The topological polar surface area (TPSA) is 78.4 Å². The summed E-state index contributed by atoms with van der Waals surface area (Å²) in [7, 11) is 0. The van der Waals surface area contributed by atoms with E-state index in [1.54, 1.807) is 0 Å². The van der Waals surface area contributed by atoms with E-state index in [9.17, 15) is 22.8 Å². The molecule has 3 N–H and O–H groups in total. The first-order chi connectivity index (χ1) is 11.2. The van der Waals surface area contributed by atoms with Crippen LogP contribution in [0.1, 0.15) is 36.8 Å². The number of nitrogens with one attached hydrogen (secondary N) is 2. The highest BCUT2D eigenvalue weighted by atomic mass is 19.4. The molecule has 1 aromatic carbocycles. The summed E-state index contributed by atoms with van der Waals surface area (Å²) in [5.74, 6) is -1.19. The Hall–Kier alpha value is -2.25. The molecule has 1 aliphatic rings. The Morgan fingerprint density at radius 2 is 1.79 bits per heavy atom. The van der Waals surface area contributed by atoms with Crippen molar-refractivity contribution in [1.82, 2.24) is 5.32 Å². The van der Waals surface area contributed by atoms with Crippen LogP contribution in [0.25, 0.3) is 0 Å². The summed E-state index contributed by atoms with van der Waals surface area (Å²) in [5, 5.41) is 14.2. The Bertz CT molecular complexity index is 623. The van der Waals surface area contributed by atoms with Crippen molar-refractivity contribution in [2.75, 3.05) is 5.32 Å². The minimum atomic E-state index is -4.42. The second kappa shape index (κ2) is 7.11. The van der Waals surface area contributed by atoms with E-state index in [2.05, 4.69) is 10.6 Å². The molecule has 1 saturated carbocycles. The summed E-state index contributed by atoms with van der Waals surface area (Å²) in [6.45, 7) is 1.33. The molecule has 1 aromatic rings. The molecule has 0 aromatic heterocycles. The number of carboxylic acids is 1. The second-order valence-electron chi connectivity index (χ2n) is 6.01. The molecule has 0 unspecified atom stereocenters. The van der Waals surface area contributed by atoms with Crippen LogP contribution in [0, 0.1) is 12.8 Å². The maximum Gasteiger partial charge on any atom is 0.416 e. The lowest BCUT2D eigenvalue weighted by atomic mass is 9.86. The fourth-order valence-electron chi connectivity index (χ4n) is 2.90. The van der Waals surface area contributed by atoms with Crippen LogP contribution in [0.4, 0.5) is 23.7 Å². The maximum absolute atomic E-state index is 12.7. The second-order valence-corrected chi connectivity index (χ2v) is 6.01. The first kappa shape index (κ1) is 18.1. The number of amides is 2. The molecule has 0 bridgehead atoms. The standard InChI is InChI=1S/C16H19F3N2O3/c1-9-8-12(6-7-13(9)16(17,18)19)21-15(24)20-11-4-2-10(3-5-11)14(22)23/h6-8,10-11H,2-5H2,1H3,(H,22,23)(H2,20,21,24). The number of hydrogen-bond donors (Lipinski definition) is 3. The lowest BCUT2D eigenvalue weighted by molar-refractivity contribution is -0.143. The van der Waals surface area contributed by atoms with Gasteiger partial charge in [-0.3, -0.25) is 4.79 Å². The SMILES string of the molecule is Cc1cc(NC(=O)NC2CCC(C(=O)O)CC2)ccc1C(F)(F)F. The molecule has 0 spiro atoms. The van der Waals surface area contributed by atoms with Gasteiger partial charge >= 0.3 is 18.2 Å². The highest BCUT2D eigenvalue weighted by molar-refractivity contribution is 5.89. The van der Waals surface area contributed by atoms with Crippen LogP contribution in [0.15, 0.2) is 18.2 Å². The van der Waals surface area contributed by atoms with Crippen molar-refractivity contribution in [1.29, 1.82) is 0 Å². The van der Waals surface area contributed by atoms with Gasteiger partial charge in [-0.05, 0) is 56.4 Å². The van der Waals surface area contributed by atoms with Gasteiger partial charge in [-0.1, -0.05) is 0 Å². The van der Waals surface area contributed by atoms with Crippen molar-refractivity contribution in [3.8, 4) is 0 Å². The molecule has 0 aliphatic heterocycles. The van der Waals surface area contributed by atoms with Crippen LogP contribution in [0.5, 0.6) is 0 Å². The molecule has 5 nitrogen and oxygen atoms in total. The zero-order chi connectivity index (χ0) is 17.9. The molecule has 2 amide bonds. The van der Waals surface area contributed by atoms with Crippen molar-refractivity contribution in [2.24, 2.45) is 5.92 Å². The highest BCUT2D eigenvalue weighted by Gasteiger charge is 2.32. The van der Waals surface area contributed by atoms with Gasteiger partial charge in [-0.15, -0.1) is 0 Å². The summed E-state index contributed by atoms with van der Waals surface area (Å²) in [5.41, 5.74) is -0.431. The van der Waals surface area contributed by atoms with Crippen LogP contribution in [-0.4, -0.2) is 23.1 Å². The Morgan fingerprint density at radius 3 is 2.29 bits per heavy atom. The Labute approximate surface area is 137 Å². The van der Waals surface area contributed by atoms with Crippen LogP contribution in [0.2, 0.25) is 0 Å². The number of benzene rings is 1. The van der Waals surface area contributed by atoms with Crippen molar-refractivity contribution in [3.05, 3.63) is 29.3 Å². The molecule has 24 heavy (non-hydrogen) atoms. The molecule has 0 radical (unpaired) electrons. The number of rotatable bonds is 3. The van der Waals surface area contributed by atoms with E-state index in [1.165, 1.54) is 19.1 Å². The fourth-order valence-corrected chi connectivity index (χ4v) is 2.90. The third-order valence-corrected chi connectivity index (χ3v) is 4.20. The molecule has 0 heterocycles. The number of urea groups is 1. The van der Waals surface area contributed by atoms with Gasteiger partial charge < -0.3 is 15.7 Å². The molecule has 2 rings (SSSR count). The summed E-state index contributed by atoms with van der Waals surface area (Å²) in [6.07, 6.45) is -2.29. The maximum atomic E-state index is 12.7. The zero-order valence-corrected chi connectivity index (χ0v) is 13.1. The lowest BCUT2D eigenvalue weighted by Crippen LogP contribution is -2.41. The van der Waals surface area contributed by atoms with Gasteiger partial charge in [-0.25, -0.2) is 4.79 Å². The quantitative estimate of drug-likeness (QED) is 0.781. The van der Waals surface area contributed by atoms with Gasteiger partial charge in [0, 0.05) is 11.7 Å². The smallest absolute Gasteiger partial charge is 0.416 e. The molecular formula is C16H19F3N2O3. The minimum Gasteiger partial charge on any atom is -0.481 e. The van der Waals surface area contributed by atoms with E-state index in [0.717, 1.165) is 6.07 Å². The number of aryl methyl sites for hydroxylation is 1. The number of anilines is 1. The first-order valence-corrected chi connectivity index (χ1v) is 7.65. The van der Waals surface area contributed by atoms with Gasteiger partial charge in [0.25, 0.3) is 0 Å². The first-order valence-electron chi connectivity index (χ1n) is 7.65. The molecule has 0 saturated heterocycles. The monoisotopic (exact) mass is 344 g/mol. The highest BCUT2D eigenvalue weighted by Crippen LogP contribution is 2.33. The van der Waals surface area contributed by atoms with Crippen LogP contribution >= 0.6 is 0 Å². The predicted octanol–water partition coefficient (Wildman–Crippen LogP) is 3.78. The van der Waals surface area contributed by atoms with Gasteiger partial charge in [0.2, 0.25) is 0 Å². The fraction of sp³-hybridized carbons (Fsp3) is 0.500. The van der Waals surface area contributed by atoms with E-state index in [1.807, 2.05) is 0 Å². The summed E-state index contributed by atoms with van der Waals surface area (Å²) in [6, 6.07) is 2.77. The number of carbonyl (C=O) groups excluding carboxylic acids is 1. The van der Waals surface area contributed by atoms with E-state index >= 15 is 0 Å². The zero-order valence-electron chi connectivity index (χ0n) is 13.1. The Morgan fingerprint density at radius 1 is 1.17 bits per heavy atom. The van der Waals surface area contributed by atoms with Crippen molar-refractivity contribution >= 4 is 17.7 Å². The predicted molar refractivity (Wildman–Crippen MR) is 81.7 cm³/mol. The average Bonchev–Trinajstić information content (AvgIpc) is 2.46. The van der Waals surface area contributed by atoms with E-state index in [4.69, 9.17) is 5.11 Å². The Balaban J connectivity index is 1.89. The largest absolute Gasteiger partial charge is 0.481 e. The van der Waals surface area contributed by atoms with Gasteiger partial charge in [0.05, 0.1) is 11.5 Å². The third-order valence-electron chi connectivity index (χ3n) is 4.20. The molecule has 8 heteroatoms. The van der Waals surface area contributed by atoms with Gasteiger partial charge in [-0.2, -0.15) is 13.2 Å². The van der Waals surface area contributed by atoms with Gasteiger partial charge in [0.15, 0.2) is 0 Å². The summed E-state index contributed by atoms with van der Waals surface area (Å²) in [4.78, 5) is 22.8. The molecule has 1 aliphatic carbocycles. The number of alkyl halides is 3. The van der Waals surface area contributed by atoms with E-state index in [-0.39, 0.29) is 23.2 Å². The summed E-state index contributed by atoms with van der Waals surface area (Å²) < 4.78 is 38.1. The number of halogens is 3. The summed E-state index contributed by atoms with van der Waals surface area (Å²) >= 11 is 0. The van der Waals surface area contributed by atoms with Gasteiger partial charge in [0.1, 0.15) is 0 Å². The van der Waals surface area contributed by atoms with Crippen LogP contribution in [0.3, 0.4) is 0 Å². The van der Waals surface area contributed by atoms with Crippen molar-refractivity contribution in [3.63, 3.8) is 0 Å². The van der Waals surface area contributed by atoms with Crippen molar-refractivity contribution in [2.45, 2.75) is 44.8 Å². The van der Waals surface area contributed by atoms with E-state index < -0.39 is 23.7 Å². The number of hydrogen-bond acceptors (Lipinski definition) is 2. The molecule has 0 atom stereocenters. The lowest BCUT2D eigenvalue weighted by Gasteiger charge is -2.26. The van der Waals surface area contributed by atoms with Crippen LogP contribution in [-0.2, 0) is 11.0 Å². The minimum absolute atomic E-state index is 0.0299.